The van der Waals surface area contributed by atoms with Crippen molar-refractivity contribution >= 4 is 70.2 Å². The number of aromatic nitrogens is 15. The Balaban J connectivity index is 0.000000162. The van der Waals surface area contributed by atoms with Crippen LogP contribution in [0.2, 0.25) is 0 Å². The van der Waals surface area contributed by atoms with E-state index in [0.717, 1.165) is 29.8 Å². The number of nitrogens with two attached hydrogens (primary N) is 4. The number of aliphatic hydroxyl groups is 4. The Kier molecular flexibility index (Phi) is 35.7. The summed E-state index contributed by atoms with van der Waals surface area (Å²) in [5.74, 6) is -1.70. The van der Waals surface area contributed by atoms with Crippen molar-refractivity contribution in [3.05, 3.63) is 308 Å². The van der Waals surface area contributed by atoms with E-state index < -0.39 is 124 Å². The van der Waals surface area contributed by atoms with E-state index in [0.29, 0.717) is 128 Å². The van der Waals surface area contributed by atoms with Crippen LogP contribution in [0.4, 0.5) is 40.9 Å². The summed E-state index contributed by atoms with van der Waals surface area (Å²) in [4.78, 5) is 85.6. The van der Waals surface area contributed by atoms with Crippen LogP contribution in [-0.2, 0) is 116 Å². The van der Waals surface area contributed by atoms with Gasteiger partial charge >= 0.3 is 53.6 Å². The van der Waals surface area contributed by atoms with Crippen molar-refractivity contribution in [3.63, 3.8) is 0 Å². The fourth-order valence-corrected chi connectivity index (χ4v) is 19.1. The van der Waals surface area contributed by atoms with Crippen LogP contribution in [-0.4, -0.2) is 208 Å². The van der Waals surface area contributed by atoms with Crippen molar-refractivity contribution < 1.29 is 125 Å². The first-order valence-electron chi connectivity index (χ1n) is 44.6. The average molecular weight is 2100 g/mol. The SMILES string of the molecule is C#Cc1cc(Cn2ccc(C(=O)c3cncnc3N[C@@H]3C[C@H](COS(N)(=O)=O)[C@@H](O)C3)n2)ccc1F.Cc1cc(Cn2ccc(C(=O)c3cncnc3C[C@@H]3C[C@H](COS(N)(=O)=O)[C@@H](O)C3)c2)cc(C(F)(F)F)c1.NS(=O)(=O)OC[C@H]1C[C@@H](Cc2ncncc2C(=O)c2ccn(Cc3ccc(C(F)(F)F)cc3)n2)C[C@@H]1O.NS(=O)(=O)OC[C@H]1C[C@@H](Cc2ncncc2C(=O)c2ccn(Cc3cccc(F)c3)n2)C[C@@H]1O. The van der Waals surface area contributed by atoms with E-state index in [1.165, 1.54) is 95.9 Å². The summed E-state index contributed by atoms with van der Waals surface area (Å²) in [7, 11) is -16.4. The van der Waals surface area contributed by atoms with Crippen molar-refractivity contribution in [2.75, 3.05) is 31.7 Å². The Morgan fingerprint density at radius 2 is 0.841 bits per heavy atom. The van der Waals surface area contributed by atoms with E-state index >= 15 is 0 Å². The number of halogens is 8. The zero-order chi connectivity index (χ0) is 105. The standard InChI is InChI=1S/C25H27F3N4O5S.C23H24F3N5O5S.C23H23FN6O5S.C22H24FN5O5S/c1-15-4-17(7-20(5-15)25(26,27)28)11-32-3-2-18(12-32)24(34)21-10-30-14-31-22(21)8-16-6-19(23(33)9-16)13-37-38(29,35)36;24-23(25,26)17-3-1-14(2-4-17)11-31-6-5-19(30-31)22(33)18-10-28-13-29-20(18)8-15-7-16(21(32)9-15)12-36-37(27,34)35;1-2-15-7-14(3-4-19(15)24)11-30-6-5-20(29-30)22(32)18-10-26-13-27-23(18)28-17-8-16(21(31)9-17)12-35-36(25,33)34;23-17-3-1-2-14(7-17)11-28-5-4-19(27-28)22(30)18-10-25-13-26-20(18)8-15-6-16(21(29)9-15)12-33-34(24,31)32/h2-5,7,10,12,14,16,19,23,33H,6,8-9,11,13H2,1H3,(H2,29,35,36);1-6,10,13,15-16,21,32H,7-9,11-12H2,(H2,27,34,35);1,3-7,10,13,16-17,21,31H,8-9,11-12H2,(H2,25,33,34)(H,26,27,28);1-5,7,10,13,15-16,21,29H,6,8-9,11-12H2,(H2,24,31,32)/t16-,19+,23-;15-,16+,21-;16-,17-,21+;15-,16+,21-/m0010/s1. The quantitative estimate of drug-likeness (QED) is 0.0106. The molecule has 0 aliphatic heterocycles. The Morgan fingerprint density at radius 3 is 1.28 bits per heavy atom. The highest BCUT2D eigenvalue weighted by Gasteiger charge is 2.41. The minimum absolute atomic E-state index is 0.0314. The van der Waals surface area contributed by atoms with Gasteiger partial charge in [0.25, 0.3) is 0 Å². The van der Waals surface area contributed by atoms with Gasteiger partial charge in [-0.1, -0.05) is 47.9 Å². The molecule has 8 aromatic heterocycles. The lowest BCUT2D eigenvalue weighted by Gasteiger charge is -2.15. The maximum absolute atomic E-state index is 13.6. The van der Waals surface area contributed by atoms with Gasteiger partial charge in [0.2, 0.25) is 17.3 Å². The third kappa shape index (κ3) is 31.7. The summed E-state index contributed by atoms with van der Waals surface area (Å²) in [5.41, 5.74) is 4.89. The molecule has 13 N–H and O–H groups in total. The summed E-state index contributed by atoms with van der Waals surface area (Å²) in [5, 5.41) is 76.6. The number of carbonyl (C=O) groups is 4. The number of aliphatic hydroxyl groups excluding tert-OH is 4. The topological polar surface area (TPSA) is 600 Å². The largest absolute Gasteiger partial charge is 0.416 e. The first-order valence-corrected chi connectivity index (χ1v) is 50.5. The molecule has 12 aromatic rings. The highest BCUT2D eigenvalue weighted by atomic mass is 32.2. The molecule has 0 saturated heterocycles. The Labute approximate surface area is 825 Å². The monoisotopic (exact) mass is 2090 g/mol. The van der Waals surface area contributed by atoms with Gasteiger partial charge in [-0.2, -0.15) is 75.3 Å². The molecule has 12 atom stereocenters. The second-order valence-electron chi connectivity index (χ2n) is 35.4. The predicted molar refractivity (Wildman–Crippen MR) is 498 cm³/mol. The number of hydrogen-bond donors (Lipinski definition) is 9. The van der Waals surface area contributed by atoms with Crippen molar-refractivity contribution in [1.29, 1.82) is 0 Å². The van der Waals surface area contributed by atoms with Gasteiger partial charge in [0.05, 0.1) is 127 Å². The van der Waals surface area contributed by atoms with Gasteiger partial charge in [0, 0.05) is 97.6 Å². The molecule has 0 radical (unpaired) electrons. The smallest absolute Gasteiger partial charge is 0.393 e. The number of rotatable bonds is 36. The fraction of sp³-hybridized carbons (Fsp3) is 0.366. The fourth-order valence-electron chi connectivity index (χ4n) is 17.6. The van der Waals surface area contributed by atoms with Gasteiger partial charge in [-0.05, 0) is 190 Å². The van der Waals surface area contributed by atoms with Crippen LogP contribution in [0.1, 0.15) is 177 Å². The molecule has 4 fully saturated rings. The maximum atomic E-state index is 13.6. The number of anilines is 1. The second kappa shape index (κ2) is 47.4. The van der Waals surface area contributed by atoms with Gasteiger partial charge in [-0.3, -0.25) is 50.0 Å². The summed E-state index contributed by atoms with van der Waals surface area (Å²) >= 11 is 0. The molecule has 0 unspecified atom stereocenters. The Hall–Kier alpha value is -13.1. The van der Waals surface area contributed by atoms with Crippen molar-refractivity contribution in [2.24, 2.45) is 62.0 Å². The second-order valence-corrected chi connectivity index (χ2v) is 40.2. The van der Waals surface area contributed by atoms with Gasteiger partial charge < -0.3 is 30.3 Å². The summed E-state index contributed by atoms with van der Waals surface area (Å²) < 4.78 is 218. The third-order valence-electron chi connectivity index (χ3n) is 24.4. The number of ketones is 4. The Morgan fingerprint density at radius 1 is 0.441 bits per heavy atom. The van der Waals surface area contributed by atoms with Crippen LogP contribution in [0.3, 0.4) is 0 Å². The van der Waals surface area contributed by atoms with Gasteiger partial charge in [-0.25, -0.2) is 69.2 Å². The molecule has 0 spiro atoms. The van der Waals surface area contributed by atoms with E-state index in [-0.39, 0.29) is 138 Å². The van der Waals surface area contributed by atoms with Gasteiger partial charge in [0.1, 0.15) is 59.8 Å². The number of aryl methyl sites for hydroxylation is 1. The number of hydrogen-bond acceptors (Lipinski definition) is 32. The number of nitrogens with one attached hydrogen (secondary N) is 1. The molecule has 52 heteroatoms. The van der Waals surface area contributed by atoms with Gasteiger partial charge in [0.15, 0.2) is 5.78 Å². The van der Waals surface area contributed by atoms with Crippen molar-refractivity contribution in [2.45, 2.75) is 147 Å². The predicted octanol–water partition coefficient (Wildman–Crippen LogP) is 7.24. The number of terminal acetylenes is 1. The van der Waals surface area contributed by atoms with Crippen LogP contribution < -0.4 is 25.9 Å². The molecule has 16 rings (SSSR count). The molecule has 8 heterocycles. The Bertz CT molecular complexity index is 7160. The molecule has 770 valence electrons. The summed E-state index contributed by atoms with van der Waals surface area (Å²) in [6.07, 6.45) is 16.5. The number of alkyl halides is 6. The van der Waals surface area contributed by atoms with E-state index in [1.54, 1.807) is 95.7 Å². The molecule has 4 aliphatic carbocycles. The van der Waals surface area contributed by atoms with Crippen LogP contribution in [0.25, 0.3) is 0 Å². The van der Waals surface area contributed by atoms with Crippen LogP contribution in [0, 0.1) is 72.3 Å². The van der Waals surface area contributed by atoms with E-state index in [4.69, 9.17) is 27.0 Å². The molecule has 0 bridgehead atoms. The van der Waals surface area contributed by atoms with Crippen LogP contribution in [0.5, 0.6) is 0 Å². The lowest BCUT2D eigenvalue weighted by atomic mass is 9.95. The molecule has 4 aromatic carbocycles. The minimum atomic E-state index is -4.45. The molecule has 40 nitrogen and oxygen atoms in total. The normalized spacial score (nSPS) is 20.1. The van der Waals surface area contributed by atoms with E-state index in [9.17, 15) is 108 Å². The van der Waals surface area contributed by atoms with Gasteiger partial charge in [-0.15, -0.1) is 6.42 Å². The van der Waals surface area contributed by atoms with Crippen LogP contribution in [0.15, 0.2) is 190 Å². The number of nitrogens with zero attached hydrogens (tertiary/aromatic N) is 15. The minimum Gasteiger partial charge on any atom is -0.393 e. The zero-order valence-corrected chi connectivity index (χ0v) is 80.1. The lowest BCUT2D eigenvalue weighted by Crippen LogP contribution is -2.24. The molecular formula is C93H98F8N20O20S4. The van der Waals surface area contributed by atoms with Crippen molar-refractivity contribution in [1.82, 2.24) is 73.8 Å². The average Bonchev–Trinajstić information content (AvgIpc) is 1.72. The molecule has 0 amide bonds. The lowest BCUT2D eigenvalue weighted by molar-refractivity contribution is -0.138. The molecular weight excluding hydrogens is 2000 g/mol. The summed E-state index contributed by atoms with van der Waals surface area (Å²) in [6, 6.07) is 25.0. The highest BCUT2D eigenvalue weighted by molar-refractivity contribution is 7.85. The first-order chi connectivity index (χ1) is 68.5. The zero-order valence-electron chi connectivity index (χ0n) is 76.8. The maximum Gasteiger partial charge on any atom is 0.416 e. The van der Waals surface area contributed by atoms with E-state index in [2.05, 4.69) is 83.1 Å². The van der Waals surface area contributed by atoms with Crippen molar-refractivity contribution in [3.8, 4) is 12.3 Å². The number of benzene rings is 4. The van der Waals surface area contributed by atoms with E-state index in [1.807, 2.05) is 0 Å². The molecule has 4 saturated carbocycles. The molecule has 4 aliphatic rings. The first kappa shape index (κ1) is 109. The third-order valence-corrected chi connectivity index (χ3v) is 26.3. The summed E-state index contributed by atoms with van der Waals surface area (Å²) in [6.45, 7) is 1.60. The van der Waals surface area contributed by atoms with Crippen LogP contribution >= 0.6 is 0 Å². The molecule has 145 heavy (non-hydrogen) atoms. The number of carbonyl (C=O) groups excluding carboxylic acids is 4. The highest BCUT2D eigenvalue weighted by Crippen LogP contribution is 2.40.